The summed E-state index contributed by atoms with van der Waals surface area (Å²) >= 11 is 0. The molecule has 0 aromatic heterocycles. The number of halogens is 1. The Kier molecular flexibility index (Phi) is 3.60. The van der Waals surface area contributed by atoms with Crippen molar-refractivity contribution in [3.63, 3.8) is 0 Å². The molecule has 0 radical (unpaired) electrons. The molecule has 0 heterocycles. The van der Waals surface area contributed by atoms with Gasteiger partial charge in [0.2, 0.25) is 5.91 Å². The van der Waals surface area contributed by atoms with E-state index in [0.717, 1.165) is 18.9 Å². The highest BCUT2D eigenvalue weighted by Crippen LogP contribution is 2.27. The van der Waals surface area contributed by atoms with Gasteiger partial charge in [0.05, 0.1) is 0 Å². The first-order valence-electron chi connectivity index (χ1n) is 6.99. The molecule has 3 nitrogen and oxygen atoms in total. The summed E-state index contributed by atoms with van der Waals surface area (Å²) in [6, 6.07) is 12.0. The van der Waals surface area contributed by atoms with Gasteiger partial charge in [-0.15, -0.1) is 0 Å². The van der Waals surface area contributed by atoms with Crippen LogP contribution in [0, 0.1) is 11.7 Å². The average molecular weight is 285 g/mol. The van der Waals surface area contributed by atoms with Crippen molar-refractivity contribution >= 4 is 11.6 Å². The van der Waals surface area contributed by atoms with Gasteiger partial charge < -0.3 is 10.4 Å². The van der Waals surface area contributed by atoms with E-state index in [1.54, 1.807) is 0 Å². The molecule has 0 bridgehead atoms. The molecule has 1 aliphatic carbocycles. The molecule has 0 saturated heterocycles. The van der Waals surface area contributed by atoms with Crippen molar-refractivity contribution in [1.29, 1.82) is 0 Å². The highest BCUT2D eigenvalue weighted by Gasteiger charge is 2.24. The number of hydrogen-bond donors (Lipinski definition) is 2. The van der Waals surface area contributed by atoms with E-state index >= 15 is 0 Å². The normalized spacial score (nSPS) is 17.1. The van der Waals surface area contributed by atoms with Crippen LogP contribution in [0.4, 0.5) is 10.1 Å². The maximum Gasteiger partial charge on any atom is 0.227 e. The predicted octanol–water partition coefficient (Wildman–Crippen LogP) is 3.27. The fraction of sp³-hybridized carbons (Fsp3) is 0.235. The summed E-state index contributed by atoms with van der Waals surface area (Å²) < 4.78 is 13.3. The van der Waals surface area contributed by atoms with Crippen LogP contribution in [0.2, 0.25) is 0 Å². The number of phenolic OH excluding ortho intramolecular Hbond substituents is 1. The van der Waals surface area contributed by atoms with Crippen molar-refractivity contribution < 1.29 is 14.3 Å². The first-order valence-corrected chi connectivity index (χ1v) is 6.99. The molecule has 0 saturated carbocycles. The van der Waals surface area contributed by atoms with Gasteiger partial charge in [-0.1, -0.05) is 24.3 Å². The maximum absolute atomic E-state index is 13.3. The Bertz CT molecular complexity index is 684. The molecule has 1 unspecified atom stereocenters. The van der Waals surface area contributed by atoms with Crippen LogP contribution in [0.1, 0.15) is 17.5 Å². The fourth-order valence-electron chi connectivity index (χ4n) is 2.75. The number of nitrogens with one attached hydrogen (secondary N) is 1. The summed E-state index contributed by atoms with van der Waals surface area (Å²) in [6.45, 7) is 0. The van der Waals surface area contributed by atoms with Crippen molar-refractivity contribution in [3.05, 3.63) is 59.4 Å². The van der Waals surface area contributed by atoms with E-state index in [4.69, 9.17) is 5.11 Å². The SMILES string of the molecule is O=C(Nc1ccc(O)c(F)c1)C1CCc2ccccc2C1. The maximum atomic E-state index is 13.3. The fourth-order valence-corrected chi connectivity index (χ4v) is 2.75. The minimum Gasteiger partial charge on any atom is -0.505 e. The average Bonchev–Trinajstić information content (AvgIpc) is 2.50. The van der Waals surface area contributed by atoms with Gasteiger partial charge in [-0.05, 0) is 42.5 Å². The number of hydrogen-bond acceptors (Lipinski definition) is 2. The Morgan fingerprint density at radius 3 is 2.71 bits per heavy atom. The summed E-state index contributed by atoms with van der Waals surface area (Å²) in [6.07, 6.45) is 2.39. The van der Waals surface area contributed by atoms with Crippen LogP contribution in [-0.2, 0) is 17.6 Å². The topological polar surface area (TPSA) is 49.3 Å². The lowest BCUT2D eigenvalue weighted by Gasteiger charge is -2.23. The number of fused-ring (bicyclic) bond motifs is 1. The van der Waals surface area contributed by atoms with Gasteiger partial charge in [-0.3, -0.25) is 4.79 Å². The number of rotatable bonds is 2. The van der Waals surface area contributed by atoms with Gasteiger partial charge in [0.15, 0.2) is 11.6 Å². The summed E-state index contributed by atoms with van der Waals surface area (Å²) in [5.74, 6) is -1.35. The van der Waals surface area contributed by atoms with Gasteiger partial charge in [-0.25, -0.2) is 4.39 Å². The minimum absolute atomic E-state index is 0.100. The van der Waals surface area contributed by atoms with Crippen LogP contribution < -0.4 is 5.32 Å². The molecule has 21 heavy (non-hydrogen) atoms. The molecule has 1 atom stereocenters. The molecule has 3 rings (SSSR count). The number of anilines is 1. The van der Waals surface area contributed by atoms with Crippen LogP contribution in [0.3, 0.4) is 0 Å². The number of phenols is 1. The zero-order chi connectivity index (χ0) is 14.8. The molecule has 2 N–H and O–H groups in total. The Hall–Kier alpha value is -2.36. The summed E-state index contributed by atoms with van der Waals surface area (Å²) in [5, 5.41) is 11.9. The van der Waals surface area contributed by atoms with Gasteiger partial charge in [0.25, 0.3) is 0 Å². The van der Waals surface area contributed by atoms with Gasteiger partial charge in [0, 0.05) is 17.7 Å². The zero-order valence-electron chi connectivity index (χ0n) is 11.5. The van der Waals surface area contributed by atoms with Crippen LogP contribution in [0.25, 0.3) is 0 Å². The Morgan fingerprint density at radius 2 is 1.95 bits per heavy atom. The molecule has 0 fully saturated rings. The van der Waals surface area contributed by atoms with Gasteiger partial charge in [-0.2, -0.15) is 0 Å². The second-order valence-corrected chi connectivity index (χ2v) is 5.36. The van der Waals surface area contributed by atoms with E-state index in [0.29, 0.717) is 12.1 Å². The smallest absolute Gasteiger partial charge is 0.227 e. The lowest BCUT2D eigenvalue weighted by Crippen LogP contribution is -2.28. The number of carbonyl (C=O) groups is 1. The molecule has 4 heteroatoms. The lowest BCUT2D eigenvalue weighted by atomic mass is 9.83. The van der Waals surface area contributed by atoms with Crippen molar-refractivity contribution in [1.82, 2.24) is 0 Å². The monoisotopic (exact) mass is 285 g/mol. The first-order chi connectivity index (χ1) is 10.1. The van der Waals surface area contributed by atoms with Gasteiger partial charge in [0.1, 0.15) is 0 Å². The third-order valence-electron chi connectivity index (χ3n) is 3.93. The zero-order valence-corrected chi connectivity index (χ0v) is 11.5. The Morgan fingerprint density at radius 1 is 1.19 bits per heavy atom. The van der Waals surface area contributed by atoms with Crippen molar-refractivity contribution in [3.8, 4) is 5.75 Å². The third kappa shape index (κ3) is 2.89. The summed E-state index contributed by atoms with van der Waals surface area (Å²) in [5.41, 5.74) is 2.88. The van der Waals surface area contributed by atoms with Crippen LogP contribution in [-0.4, -0.2) is 11.0 Å². The summed E-state index contributed by atoms with van der Waals surface area (Å²) in [4.78, 5) is 12.3. The standard InChI is InChI=1S/C17H16FNO2/c18-15-10-14(7-8-16(15)20)19-17(21)13-6-5-11-3-1-2-4-12(11)9-13/h1-4,7-8,10,13,20H,5-6,9H2,(H,19,21). The molecular weight excluding hydrogens is 269 g/mol. The van der Waals surface area contributed by atoms with Crippen molar-refractivity contribution in [2.75, 3.05) is 5.32 Å². The van der Waals surface area contributed by atoms with E-state index in [1.165, 1.54) is 23.3 Å². The largest absolute Gasteiger partial charge is 0.505 e. The third-order valence-corrected chi connectivity index (χ3v) is 3.93. The quantitative estimate of drug-likeness (QED) is 0.832. The molecule has 2 aromatic carbocycles. The molecular formula is C17H16FNO2. The van der Waals surface area contributed by atoms with E-state index in [-0.39, 0.29) is 11.8 Å². The minimum atomic E-state index is -0.734. The number of aromatic hydroxyl groups is 1. The van der Waals surface area contributed by atoms with E-state index in [1.807, 2.05) is 12.1 Å². The van der Waals surface area contributed by atoms with Crippen molar-refractivity contribution in [2.45, 2.75) is 19.3 Å². The molecule has 1 amide bonds. The Balaban J connectivity index is 1.70. The lowest BCUT2D eigenvalue weighted by molar-refractivity contribution is -0.120. The van der Waals surface area contributed by atoms with Crippen LogP contribution in [0.15, 0.2) is 42.5 Å². The highest BCUT2D eigenvalue weighted by molar-refractivity contribution is 5.93. The summed E-state index contributed by atoms with van der Waals surface area (Å²) in [7, 11) is 0. The van der Waals surface area contributed by atoms with E-state index in [9.17, 15) is 9.18 Å². The second-order valence-electron chi connectivity index (χ2n) is 5.36. The van der Waals surface area contributed by atoms with E-state index in [2.05, 4.69) is 17.4 Å². The number of aryl methyl sites for hydroxylation is 1. The van der Waals surface area contributed by atoms with Crippen molar-refractivity contribution in [2.24, 2.45) is 5.92 Å². The molecule has 0 aliphatic heterocycles. The highest BCUT2D eigenvalue weighted by atomic mass is 19.1. The Labute approximate surface area is 122 Å². The van der Waals surface area contributed by atoms with E-state index < -0.39 is 11.6 Å². The second kappa shape index (κ2) is 5.56. The molecule has 0 spiro atoms. The number of carbonyl (C=O) groups excluding carboxylic acids is 1. The number of benzene rings is 2. The molecule has 1 aliphatic rings. The molecule has 108 valence electrons. The van der Waals surface area contributed by atoms with Crippen LogP contribution in [0.5, 0.6) is 5.75 Å². The number of amides is 1. The van der Waals surface area contributed by atoms with Crippen LogP contribution >= 0.6 is 0 Å². The first kappa shape index (κ1) is 13.6. The van der Waals surface area contributed by atoms with Gasteiger partial charge >= 0.3 is 0 Å². The predicted molar refractivity (Wildman–Crippen MR) is 78.7 cm³/mol. The molecule has 2 aromatic rings.